The van der Waals surface area contributed by atoms with E-state index in [1.807, 2.05) is 30.3 Å². The van der Waals surface area contributed by atoms with Gasteiger partial charge in [0.15, 0.2) is 12.4 Å². The first-order chi connectivity index (χ1) is 14.6. The van der Waals surface area contributed by atoms with Gasteiger partial charge < -0.3 is 15.8 Å². The predicted octanol–water partition coefficient (Wildman–Crippen LogP) is 3.17. The van der Waals surface area contributed by atoms with Crippen molar-refractivity contribution in [3.63, 3.8) is 0 Å². The summed E-state index contributed by atoms with van der Waals surface area (Å²) in [5.41, 5.74) is 7.82. The van der Waals surface area contributed by atoms with Crippen LogP contribution >= 0.6 is 0 Å². The number of aromatic nitrogens is 4. The Labute approximate surface area is 171 Å². The molecular formula is C21H17FN6O2. The van der Waals surface area contributed by atoms with E-state index in [1.54, 1.807) is 6.20 Å². The number of ether oxygens (including phenoxy) is 1. The zero-order chi connectivity index (χ0) is 20.9. The highest BCUT2D eigenvalue weighted by Crippen LogP contribution is 2.17. The van der Waals surface area contributed by atoms with Crippen LogP contribution in [0.3, 0.4) is 0 Å². The first-order valence-corrected chi connectivity index (χ1v) is 9.08. The molecule has 2 heterocycles. The summed E-state index contributed by atoms with van der Waals surface area (Å²) in [6, 6.07) is 15.1. The molecule has 0 spiro atoms. The summed E-state index contributed by atoms with van der Waals surface area (Å²) in [7, 11) is 0. The smallest absolute Gasteiger partial charge is 0.310 e. The zero-order valence-electron chi connectivity index (χ0n) is 15.7. The van der Waals surface area contributed by atoms with Gasteiger partial charge >= 0.3 is 5.97 Å². The molecule has 9 heteroatoms. The molecule has 0 saturated heterocycles. The van der Waals surface area contributed by atoms with Crippen molar-refractivity contribution in [2.75, 3.05) is 11.1 Å². The standard InChI is InChI=1S/C21H17FN6O2/c22-15-6-8-16(9-7-15)25-21-27-17(26-20(23)28-21)12-30-18(29)11-14-4-1-3-13-5-2-10-24-19(13)14/h1-10H,11-12H2,(H3,23,25,26,27,28). The Balaban J connectivity index is 1.42. The Morgan fingerprint density at radius 3 is 2.67 bits per heavy atom. The van der Waals surface area contributed by atoms with E-state index in [0.717, 1.165) is 16.5 Å². The number of hydrogen-bond donors (Lipinski definition) is 2. The third-order valence-electron chi connectivity index (χ3n) is 4.21. The molecule has 2 aromatic carbocycles. The highest BCUT2D eigenvalue weighted by Gasteiger charge is 2.12. The minimum absolute atomic E-state index is 0.0288. The Morgan fingerprint density at radius 2 is 1.83 bits per heavy atom. The number of anilines is 3. The van der Waals surface area contributed by atoms with Gasteiger partial charge in [-0.05, 0) is 35.9 Å². The fourth-order valence-electron chi connectivity index (χ4n) is 2.88. The lowest BCUT2D eigenvalue weighted by Gasteiger charge is -2.09. The summed E-state index contributed by atoms with van der Waals surface area (Å²) in [4.78, 5) is 28.8. The highest BCUT2D eigenvalue weighted by atomic mass is 19.1. The Morgan fingerprint density at radius 1 is 1.03 bits per heavy atom. The van der Waals surface area contributed by atoms with Gasteiger partial charge in [0.1, 0.15) is 5.82 Å². The van der Waals surface area contributed by atoms with Crippen molar-refractivity contribution >= 4 is 34.5 Å². The largest absolute Gasteiger partial charge is 0.457 e. The van der Waals surface area contributed by atoms with Crippen LogP contribution in [0.25, 0.3) is 10.9 Å². The van der Waals surface area contributed by atoms with Crippen molar-refractivity contribution in [2.45, 2.75) is 13.0 Å². The third-order valence-corrected chi connectivity index (χ3v) is 4.21. The van der Waals surface area contributed by atoms with E-state index in [2.05, 4.69) is 25.3 Å². The molecule has 2 aromatic heterocycles. The number of benzene rings is 2. The average Bonchev–Trinajstić information content (AvgIpc) is 2.74. The van der Waals surface area contributed by atoms with Crippen molar-refractivity contribution in [3.05, 3.63) is 78.0 Å². The fraction of sp³-hybridized carbons (Fsp3) is 0.0952. The third kappa shape index (κ3) is 4.64. The van der Waals surface area contributed by atoms with Crippen molar-refractivity contribution in [3.8, 4) is 0 Å². The van der Waals surface area contributed by atoms with E-state index in [4.69, 9.17) is 10.5 Å². The summed E-state index contributed by atoms with van der Waals surface area (Å²) >= 11 is 0. The Hall–Kier alpha value is -4.14. The number of pyridine rings is 1. The molecule has 8 nitrogen and oxygen atoms in total. The molecule has 3 N–H and O–H groups in total. The molecule has 4 rings (SSSR count). The van der Waals surface area contributed by atoms with Crippen LogP contribution in [0.15, 0.2) is 60.8 Å². The number of esters is 1. The van der Waals surface area contributed by atoms with Crippen LogP contribution in [-0.2, 0) is 22.6 Å². The highest BCUT2D eigenvalue weighted by molar-refractivity contribution is 5.85. The number of nitrogens with one attached hydrogen (secondary N) is 1. The van der Waals surface area contributed by atoms with Gasteiger partial charge in [-0.15, -0.1) is 0 Å². The molecule has 0 fully saturated rings. The molecule has 0 aliphatic rings. The Bertz CT molecular complexity index is 1190. The second-order valence-electron chi connectivity index (χ2n) is 6.40. The van der Waals surface area contributed by atoms with Gasteiger partial charge in [-0.25, -0.2) is 4.39 Å². The summed E-state index contributed by atoms with van der Waals surface area (Å²) in [6.07, 6.45) is 1.75. The van der Waals surface area contributed by atoms with Gasteiger partial charge in [-0.1, -0.05) is 24.3 Å². The summed E-state index contributed by atoms with van der Waals surface area (Å²) < 4.78 is 18.3. The van der Waals surface area contributed by atoms with Gasteiger partial charge in [0, 0.05) is 17.3 Å². The number of nitrogens with zero attached hydrogens (tertiary/aromatic N) is 4. The first kappa shape index (κ1) is 19.2. The van der Waals surface area contributed by atoms with Crippen LogP contribution in [0.5, 0.6) is 0 Å². The lowest BCUT2D eigenvalue weighted by molar-refractivity contribution is -0.144. The van der Waals surface area contributed by atoms with Crippen LogP contribution in [0, 0.1) is 5.82 Å². The van der Waals surface area contributed by atoms with Crippen LogP contribution in [0.4, 0.5) is 22.0 Å². The average molecular weight is 404 g/mol. The van der Waals surface area contributed by atoms with Crippen LogP contribution in [-0.4, -0.2) is 25.9 Å². The molecule has 0 unspecified atom stereocenters. The van der Waals surface area contributed by atoms with E-state index < -0.39 is 5.97 Å². The van der Waals surface area contributed by atoms with Crippen LogP contribution in [0.2, 0.25) is 0 Å². The minimum Gasteiger partial charge on any atom is -0.457 e. The normalized spacial score (nSPS) is 10.7. The Kier molecular flexibility index (Phi) is 5.42. The molecule has 0 aliphatic carbocycles. The van der Waals surface area contributed by atoms with Gasteiger partial charge in [0.05, 0.1) is 11.9 Å². The monoisotopic (exact) mass is 404 g/mol. The quantitative estimate of drug-likeness (QED) is 0.471. The number of hydrogen-bond acceptors (Lipinski definition) is 8. The number of fused-ring (bicyclic) bond motifs is 1. The second-order valence-corrected chi connectivity index (χ2v) is 6.40. The summed E-state index contributed by atoms with van der Waals surface area (Å²) in [5, 5.41) is 3.85. The molecule has 0 saturated carbocycles. The van der Waals surface area contributed by atoms with Gasteiger partial charge in [0.25, 0.3) is 0 Å². The van der Waals surface area contributed by atoms with Crippen molar-refractivity contribution in [1.29, 1.82) is 0 Å². The van der Waals surface area contributed by atoms with Gasteiger partial charge in [0.2, 0.25) is 11.9 Å². The van der Waals surface area contributed by atoms with E-state index in [9.17, 15) is 9.18 Å². The molecular weight excluding hydrogens is 387 g/mol. The number of carbonyl (C=O) groups excluding carboxylic acids is 1. The first-order valence-electron chi connectivity index (χ1n) is 9.08. The minimum atomic E-state index is -0.444. The number of nitrogen functional groups attached to an aromatic ring is 1. The molecule has 0 radical (unpaired) electrons. The fourth-order valence-corrected chi connectivity index (χ4v) is 2.88. The van der Waals surface area contributed by atoms with E-state index in [1.165, 1.54) is 24.3 Å². The predicted molar refractivity (Wildman–Crippen MR) is 109 cm³/mol. The molecule has 0 aliphatic heterocycles. The topological polar surface area (TPSA) is 116 Å². The number of para-hydroxylation sites is 1. The maximum absolute atomic E-state index is 13.0. The maximum Gasteiger partial charge on any atom is 0.310 e. The summed E-state index contributed by atoms with van der Waals surface area (Å²) in [5.74, 6) is -0.473. The molecule has 4 aromatic rings. The molecule has 30 heavy (non-hydrogen) atoms. The molecule has 0 atom stereocenters. The molecule has 0 bridgehead atoms. The molecule has 150 valence electrons. The van der Waals surface area contributed by atoms with Crippen LogP contribution < -0.4 is 11.1 Å². The molecule has 0 amide bonds. The van der Waals surface area contributed by atoms with Gasteiger partial charge in [-0.3, -0.25) is 9.78 Å². The maximum atomic E-state index is 13.0. The van der Waals surface area contributed by atoms with Crippen molar-refractivity contribution < 1.29 is 13.9 Å². The van der Waals surface area contributed by atoms with E-state index >= 15 is 0 Å². The lowest BCUT2D eigenvalue weighted by atomic mass is 10.1. The number of rotatable bonds is 6. The number of halogens is 1. The van der Waals surface area contributed by atoms with E-state index in [0.29, 0.717) is 5.69 Å². The van der Waals surface area contributed by atoms with Gasteiger partial charge in [-0.2, -0.15) is 15.0 Å². The van der Waals surface area contributed by atoms with Crippen LogP contribution in [0.1, 0.15) is 11.4 Å². The number of carbonyl (C=O) groups is 1. The SMILES string of the molecule is Nc1nc(COC(=O)Cc2cccc3cccnc23)nc(Nc2ccc(F)cc2)n1. The van der Waals surface area contributed by atoms with Crippen molar-refractivity contribution in [2.24, 2.45) is 0 Å². The second kappa shape index (κ2) is 8.48. The number of nitrogens with two attached hydrogens (primary N) is 1. The zero-order valence-corrected chi connectivity index (χ0v) is 15.7. The summed E-state index contributed by atoms with van der Waals surface area (Å²) in [6.45, 7) is -0.165. The lowest BCUT2D eigenvalue weighted by Crippen LogP contribution is -2.12. The van der Waals surface area contributed by atoms with Crippen molar-refractivity contribution in [1.82, 2.24) is 19.9 Å². The van der Waals surface area contributed by atoms with E-state index in [-0.39, 0.29) is 36.6 Å².